The molecule has 106 valence electrons. The molecule has 19 heavy (non-hydrogen) atoms. The first-order valence-electron chi connectivity index (χ1n) is 6.12. The highest BCUT2D eigenvalue weighted by Gasteiger charge is 2.36. The van der Waals surface area contributed by atoms with E-state index in [0.29, 0.717) is 0 Å². The van der Waals surface area contributed by atoms with Crippen molar-refractivity contribution >= 4 is 5.97 Å². The average molecular weight is 268 g/mol. The van der Waals surface area contributed by atoms with E-state index in [1.807, 2.05) is 0 Å². The highest BCUT2D eigenvalue weighted by Crippen LogP contribution is 2.24. The van der Waals surface area contributed by atoms with E-state index in [9.17, 15) is 15.0 Å². The van der Waals surface area contributed by atoms with Gasteiger partial charge in [0.05, 0.1) is 12.7 Å². The molecule has 0 aliphatic carbocycles. The Hall–Kier alpha value is -1.43. The minimum atomic E-state index is -0.976. The number of carbonyl (C=O) groups is 1. The Morgan fingerprint density at radius 3 is 2.68 bits per heavy atom. The minimum absolute atomic E-state index is 0.126. The Labute approximate surface area is 112 Å². The molecule has 5 heteroatoms. The molecule has 0 radical (unpaired) electrons. The van der Waals surface area contributed by atoms with E-state index >= 15 is 0 Å². The van der Waals surface area contributed by atoms with Gasteiger partial charge in [-0.15, -0.1) is 0 Å². The number of hydrogen-bond donors (Lipinski definition) is 2. The lowest BCUT2D eigenvalue weighted by Gasteiger charge is -2.33. The van der Waals surface area contributed by atoms with Crippen molar-refractivity contribution in [3.63, 3.8) is 0 Å². The normalized spacial score (nSPS) is 29.5. The van der Waals surface area contributed by atoms with Gasteiger partial charge in [-0.3, -0.25) is 0 Å². The molecule has 4 unspecified atom stereocenters. The number of allylic oxidation sites excluding steroid dienone is 2. The number of esters is 1. The van der Waals surface area contributed by atoms with Gasteiger partial charge in [0.1, 0.15) is 24.4 Å². The van der Waals surface area contributed by atoms with Crippen molar-refractivity contribution in [3.05, 3.63) is 36.0 Å². The zero-order valence-electron chi connectivity index (χ0n) is 11.3. The summed E-state index contributed by atoms with van der Waals surface area (Å²) in [7, 11) is 1.24. The summed E-state index contributed by atoms with van der Waals surface area (Å²) in [5, 5.41) is 19.9. The van der Waals surface area contributed by atoms with Crippen LogP contribution >= 0.6 is 0 Å². The van der Waals surface area contributed by atoms with E-state index < -0.39 is 30.4 Å². The average Bonchev–Trinajstić information content (AvgIpc) is 2.40. The SMILES string of the molecule is CC=CC(O)C1OC(C=CC)C(O)C=C1C(=O)OC. The van der Waals surface area contributed by atoms with Crippen LogP contribution in [0, 0.1) is 0 Å². The molecule has 0 aromatic heterocycles. The molecule has 0 spiro atoms. The summed E-state index contributed by atoms with van der Waals surface area (Å²) in [6, 6.07) is 0. The lowest BCUT2D eigenvalue weighted by molar-refractivity contribution is -0.141. The molecule has 0 saturated heterocycles. The molecule has 0 fully saturated rings. The molecular formula is C14H20O5. The van der Waals surface area contributed by atoms with Gasteiger partial charge in [-0.25, -0.2) is 4.79 Å². The van der Waals surface area contributed by atoms with Crippen LogP contribution in [-0.4, -0.2) is 47.7 Å². The molecule has 1 heterocycles. The highest BCUT2D eigenvalue weighted by atomic mass is 16.5. The summed E-state index contributed by atoms with van der Waals surface area (Å²) in [5.74, 6) is -0.619. The molecule has 0 aromatic rings. The zero-order valence-corrected chi connectivity index (χ0v) is 11.3. The van der Waals surface area contributed by atoms with E-state index in [0.717, 1.165) is 0 Å². The van der Waals surface area contributed by atoms with Crippen LogP contribution in [0.4, 0.5) is 0 Å². The number of rotatable bonds is 4. The van der Waals surface area contributed by atoms with Gasteiger partial charge in [0.25, 0.3) is 0 Å². The third-order valence-corrected chi connectivity index (χ3v) is 2.80. The summed E-state index contributed by atoms with van der Waals surface area (Å²) >= 11 is 0. The number of hydrogen-bond acceptors (Lipinski definition) is 5. The maximum absolute atomic E-state index is 11.7. The van der Waals surface area contributed by atoms with Gasteiger partial charge >= 0.3 is 5.97 Å². The number of aliphatic hydroxyl groups excluding tert-OH is 2. The smallest absolute Gasteiger partial charge is 0.336 e. The Morgan fingerprint density at radius 2 is 2.16 bits per heavy atom. The number of ether oxygens (including phenoxy) is 2. The molecule has 4 atom stereocenters. The van der Waals surface area contributed by atoms with Crippen LogP contribution in [0.1, 0.15) is 13.8 Å². The summed E-state index contributed by atoms with van der Waals surface area (Å²) in [5.41, 5.74) is 0.126. The molecule has 0 aromatic carbocycles. The van der Waals surface area contributed by atoms with Gasteiger partial charge in [-0.05, 0) is 19.9 Å². The largest absolute Gasteiger partial charge is 0.466 e. The lowest BCUT2D eigenvalue weighted by atomic mass is 9.96. The van der Waals surface area contributed by atoms with Gasteiger partial charge < -0.3 is 19.7 Å². The first-order valence-corrected chi connectivity index (χ1v) is 6.12. The summed E-state index contributed by atoms with van der Waals surface area (Å²) in [6.07, 6.45) is 4.60. The summed E-state index contributed by atoms with van der Waals surface area (Å²) in [6.45, 7) is 3.55. The fourth-order valence-electron chi connectivity index (χ4n) is 1.91. The van der Waals surface area contributed by atoms with Crippen molar-refractivity contribution in [3.8, 4) is 0 Å². The maximum Gasteiger partial charge on any atom is 0.336 e. The van der Waals surface area contributed by atoms with Crippen LogP contribution in [0.25, 0.3) is 0 Å². The van der Waals surface area contributed by atoms with Crippen LogP contribution in [0.2, 0.25) is 0 Å². The standard InChI is InChI=1S/C14H20O5/c1-4-6-10(15)13-9(14(17)18-3)8-11(16)12(19-13)7-5-2/h4-8,10-13,15-16H,1-3H3. The molecule has 2 N–H and O–H groups in total. The molecule has 0 amide bonds. The van der Waals surface area contributed by atoms with Gasteiger partial charge in [0.15, 0.2) is 0 Å². The molecule has 1 aliphatic rings. The predicted octanol–water partition coefficient (Wildman–Crippen LogP) is 0.727. The Morgan fingerprint density at radius 1 is 1.47 bits per heavy atom. The Kier molecular flexibility index (Phi) is 5.95. The Balaban J connectivity index is 3.07. The zero-order chi connectivity index (χ0) is 14.4. The number of aliphatic hydroxyl groups is 2. The second-order valence-corrected chi connectivity index (χ2v) is 4.17. The van der Waals surface area contributed by atoms with E-state index in [2.05, 4.69) is 4.74 Å². The molecular weight excluding hydrogens is 248 g/mol. The number of methoxy groups -OCH3 is 1. The summed E-state index contributed by atoms with van der Waals surface area (Å²) < 4.78 is 10.2. The van der Waals surface area contributed by atoms with Crippen LogP contribution in [0.5, 0.6) is 0 Å². The van der Waals surface area contributed by atoms with E-state index in [1.165, 1.54) is 19.3 Å². The Bertz CT molecular complexity index is 397. The van der Waals surface area contributed by atoms with Crippen molar-refractivity contribution in [2.24, 2.45) is 0 Å². The third-order valence-electron chi connectivity index (χ3n) is 2.80. The second kappa shape index (κ2) is 7.23. The predicted molar refractivity (Wildman–Crippen MR) is 70.4 cm³/mol. The first kappa shape index (κ1) is 15.6. The van der Waals surface area contributed by atoms with Crippen molar-refractivity contribution < 1.29 is 24.5 Å². The fraction of sp³-hybridized carbons (Fsp3) is 0.500. The second-order valence-electron chi connectivity index (χ2n) is 4.17. The van der Waals surface area contributed by atoms with Gasteiger partial charge in [0.2, 0.25) is 0 Å². The first-order chi connectivity index (χ1) is 9.04. The maximum atomic E-state index is 11.7. The quantitative estimate of drug-likeness (QED) is 0.580. The molecule has 0 saturated carbocycles. The van der Waals surface area contributed by atoms with Crippen molar-refractivity contribution in [1.29, 1.82) is 0 Å². The van der Waals surface area contributed by atoms with Crippen LogP contribution < -0.4 is 0 Å². The molecule has 5 nitrogen and oxygen atoms in total. The lowest BCUT2D eigenvalue weighted by Crippen LogP contribution is -2.44. The summed E-state index contributed by atoms with van der Waals surface area (Å²) in [4.78, 5) is 11.7. The van der Waals surface area contributed by atoms with E-state index in [-0.39, 0.29) is 5.57 Å². The van der Waals surface area contributed by atoms with Gasteiger partial charge in [0, 0.05) is 0 Å². The van der Waals surface area contributed by atoms with Crippen LogP contribution in [0.3, 0.4) is 0 Å². The van der Waals surface area contributed by atoms with Crippen molar-refractivity contribution in [1.82, 2.24) is 0 Å². The van der Waals surface area contributed by atoms with Crippen LogP contribution in [-0.2, 0) is 14.3 Å². The fourth-order valence-corrected chi connectivity index (χ4v) is 1.91. The van der Waals surface area contributed by atoms with Crippen molar-refractivity contribution in [2.75, 3.05) is 7.11 Å². The monoisotopic (exact) mass is 268 g/mol. The van der Waals surface area contributed by atoms with Crippen LogP contribution in [0.15, 0.2) is 36.0 Å². The highest BCUT2D eigenvalue weighted by molar-refractivity contribution is 5.90. The number of carbonyl (C=O) groups excluding carboxylic acids is 1. The van der Waals surface area contributed by atoms with E-state index in [1.54, 1.807) is 32.1 Å². The van der Waals surface area contributed by atoms with Crippen molar-refractivity contribution in [2.45, 2.75) is 38.3 Å². The van der Waals surface area contributed by atoms with Gasteiger partial charge in [-0.1, -0.05) is 24.3 Å². The molecule has 1 aliphatic heterocycles. The van der Waals surface area contributed by atoms with E-state index in [4.69, 9.17) is 4.74 Å². The molecule has 1 rings (SSSR count). The minimum Gasteiger partial charge on any atom is -0.466 e. The third kappa shape index (κ3) is 3.76. The van der Waals surface area contributed by atoms with Gasteiger partial charge in [-0.2, -0.15) is 0 Å². The topological polar surface area (TPSA) is 76.0 Å². The molecule has 0 bridgehead atoms.